The second-order valence-corrected chi connectivity index (χ2v) is 4.59. The molecule has 0 saturated heterocycles. The lowest BCUT2D eigenvalue weighted by Gasteiger charge is -2.11. The number of carbonyl (C=O) groups excluding carboxylic acids is 1. The number of nitrogens with one attached hydrogen (secondary N) is 2. The van der Waals surface area contributed by atoms with Gasteiger partial charge in [0.2, 0.25) is 5.91 Å². The third kappa shape index (κ3) is 3.79. The lowest BCUT2D eigenvalue weighted by Crippen LogP contribution is -2.22. The molecule has 0 atom stereocenters. The van der Waals surface area contributed by atoms with Crippen LogP contribution < -0.4 is 10.6 Å². The Balaban J connectivity index is 2.14. The first-order chi connectivity index (χ1) is 9.70. The van der Waals surface area contributed by atoms with E-state index in [4.69, 9.17) is 11.6 Å². The summed E-state index contributed by atoms with van der Waals surface area (Å²) in [6.45, 7) is 3.48. The van der Waals surface area contributed by atoms with Crippen LogP contribution in [0.1, 0.15) is 13.3 Å². The molecule has 0 aliphatic rings. The van der Waals surface area contributed by atoms with Crippen LogP contribution in [0.3, 0.4) is 0 Å². The van der Waals surface area contributed by atoms with E-state index in [1.807, 2.05) is 6.92 Å². The van der Waals surface area contributed by atoms with Crippen molar-refractivity contribution >= 4 is 23.2 Å². The molecule has 2 aromatic rings. The van der Waals surface area contributed by atoms with Gasteiger partial charge in [-0.2, -0.15) is 5.10 Å². The van der Waals surface area contributed by atoms with Crippen molar-refractivity contribution in [3.63, 3.8) is 0 Å². The Morgan fingerprint density at radius 2 is 2.30 bits per heavy atom. The predicted octanol–water partition coefficient (Wildman–Crippen LogP) is 1.86. The average molecular weight is 294 g/mol. The van der Waals surface area contributed by atoms with Gasteiger partial charge in [-0.05, 0) is 24.7 Å². The summed E-state index contributed by atoms with van der Waals surface area (Å²) in [5, 5.41) is 10.6. The third-order valence-corrected chi connectivity index (χ3v) is 2.91. The molecule has 1 aromatic heterocycles. The summed E-state index contributed by atoms with van der Waals surface area (Å²) in [6.07, 6.45) is 3.40. The molecule has 1 heterocycles. The van der Waals surface area contributed by atoms with E-state index in [1.165, 1.54) is 6.33 Å². The zero-order valence-electron chi connectivity index (χ0n) is 11.1. The summed E-state index contributed by atoms with van der Waals surface area (Å²) in [5.74, 6) is -0.0745. The minimum absolute atomic E-state index is 0.0745. The monoisotopic (exact) mass is 293 g/mol. The number of rotatable bonds is 6. The highest BCUT2D eigenvalue weighted by molar-refractivity contribution is 6.31. The van der Waals surface area contributed by atoms with Crippen molar-refractivity contribution in [2.24, 2.45) is 0 Å². The smallest absolute Gasteiger partial charge is 0.225 e. The normalized spacial score (nSPS) is 10.5. The van der Waals surface area contributed by atoms with Crippen LogP contribution in [-0.4, -0.2) is 33.8 Å². The number of nitrogens with zero attached hydrogens (tertiary/aromatic N) is 3. The molecule has 2 rings (SSSR count). The highest BCUT2D eigenvalue weighted by atomic mass is 35.5. The van der Waals surface area contributed by atoms with Crippen molar-refractivity contribution in [3.8, 4) is 5.69 Å². The molecule has 0 bridgehead atoms. The van der Waals surface area contributed by atoms with Crippen LogP contribution in [-0.2, 0) is 4.79 Å². The second-order valence-electron chi connectivity index (χ2n) is 4.15. The summed E-state index contributed by atoms with van der Waals surface area (Å²) in [5.41, 5.74) is 1.34. The van der Waals surface area contributed by atoms with E-state index in [0.29, 0.717) is 23.7 Å². The predicted molar refractivity (Wildman–Crippen MR) is 78.2 cm³/mol. The maximum atomic E-state index is 11.9. The molecule has 0 saturated carbocycles. The molecule has 106 valence electrons. The number of aromatic nitrogens is 3. The minimum atomic E-state index is -0.0745. The van der Waals surface area contributed by atoms with Crippen molar-refractivity contribution in [3.05, 3.63) is 35.9 Å². The number of amides is 1. The Morgan fingerprint density at radius 1 is 1.45 bits per heavy atom. The van der Waals surface area contributed by atoms with Gasteiger partial charge < -0.3 is 10.6 Å². The zero-order chi connectivity index (χ0) is 14.4. The van der Waals surface area contributed by atoms with Crippen LogP contribution in [0.4, 0.5) is 5.69 Å². The molecule has 0 spiro atoms. The zero-order valence-corrected chi connectivity index (χ0v) is 11.9. The first-order valence-corrected chi connectivity index (χ1v) is 6.73. The molecular weight excluding hydrogens is 278 g/mol. The van der Waals surface area contributed by atoms with Crippen molar-refractivity contribution < 1.29 is 4.79 Å². The number of benzene rings is 1. The van der Waals surface area contributed by atoms with Gasteiger partial charge in [-0.1, -0.05) is 18.5 Å². The molecule has 1 amide bonds. The number of anilines is 1. The van der Waals surface area contributed by atoms with Gasteiger partial charge in [-0.15, -0.1) is 0 Å². The second kappa shape index (κ2) is 7.02. The molecular formula is C13H16ClN5O. The highest BCUT2D eigenvalue weighted by Gasteiger charge is 2.09. The Hall–Kier alpha value is -1.92. The van der Waals surface area contributed by atoms with Gasteiger partial charge in [-0.3, -0.25) is 4.79 Å². The Kier molecular flexibility index (Phi) is 5.09. The molecule has 2 N–H and O–H groups in total. The van der Waals surface area contributed by atoms with Crippen molar-refractivity contribution in [1.82, 2.24) is 20.1 Å². The first-order valence-electron chi connectivity index (χ1n) is 6.36. The van der Waals surface area contributed by atoms with Crippen molar-refractivity contribution in [2.75, 3.05) is 18.4 Å². The van der Waals surface area contributed by atoms with Gasteiger partial charge in [0.15, 0.2) is 0 Å². The Morgan fingerprint density at radius 3 is 3.00 bits per heavy atom. The fourth-order valence-corrected chi connectivity index (χ4v) is 1.90. The molecule has 0 fully saturated rings. The number of carbonyl (C=O) groups is 1. The maximum Gasteiger partial charge on any atom is 0.225 e. The van der Waals surface area contributed by atoms with E-state index in [-0.39, 0.29) is 5.91 Å². The van der Waals surface area contributed by atoms with Crippen LogP contribution in [0.15, 0.2) is 30.9 Å². The molecule has 1 aromatic carbocycles. The fraction of sp³-hybridized carbons (Fsp3) is 0.308. The standard InChI is InChI=1S/C13H16ClN5O/c1-2-15-6-5-13(20)18-11-7-10(14)3-4-12(11)19-9-16-8-17-19/h3-4,7-9,15H,2,5-6H2,1H3,(H,18,20). The first kappa shape index (κ1) is 14.5. The number of halogens is 1. The van der Waals surface area contributed by atoms with E-state index < -0.39 is 0 Å². The lowest BCUT2D eigenvalue weighted by molar-refractivity contribution is -0.116. The van der Waals surface area contributed by atoms with Crippen molar-refractivity contribution in [1.29, 1.82) is 0 Å². The molecule has 7 heteroatoms. The van der Waals surface area contributed by atoms with E-state index in [2.05, 4.69) is 20.7 Å². The molecule has 6 nitrogen and oxygen atoms in total. The van der Waals surface area contributed by atoms with Crippen molar-refractivity contribution in [2.45, 2.75) is 13.3 Å². The maximum absolute atomic E-state index is 11.9. The molecule has 0 aliphatic carbocycles. The summed E-state index contributed by atoms with van der Waals surface area (Å²) in [4.78, 5) is 15.8. The van der Waals surface area contributed by atoms with E-state index >= 15 is 0 Å². The topological polar surface area (TPSA) is 71.8 Å². The van der Waals surface area contributed by atoms with Crippen LogP contribution in [0, 0.1) is 0 Å². The van der Waals surface area contributed by atoms with Gasteiger partial charge in [0.05, 0.1) is 11.4 Å². The number of hydrogen-bond donors (Lipinski definition) is 2. The molecule has 0 unspecified atom stereocenters. The summed E-state index contributed by atoms with van der Waals surface area (Å²) < 4.78 is 1.58. The number of hydrogen-bond acceptors (Lipinski definition) is 4. The summed E-state index contributed by atoms with van der Waals surface area (Å²) in [6, 6.07) is 5.23. The van der Waals surface area contributed by atoms with Gasteiger partial charge in [0.25, 0.3) is 0 Å². The Labute approximate surface area is 122 Å². The van der Waals surface area contributed by atoms with Crippen LogP contribution in [0.5, 0.6) is 0 Å². The van der Waals surface area contributed by atoms with E-state index in [0.717, 1.165) is 12.2 Å². The summed E-state index contributed by atoms with van der Waals surface area (Å²) in [7, 11) is 0. The van der Waals surface area contributed by atoms with Gasteiger partial charge in [0.1, 0.15) is 12.7 Å². The van der Waals surface area contributed by atoms with E-state index in [9.17, 15) is 4.79 Å². The summed E-state index contributed by atoms with van der Waals surface area (Å²) >= 11 is 5.98. The van der Waals surface area contributed by atoms with Crippen LogP contribution in [0.2, 0.25) is 5.02 Å². The van der Waals surface area contributed by atoms with Gasteiger partial charge >= 0.3 is 0 Å². The molecule has 20 heavy (non-hydrogen) atoms. The highest BCUT2D eigenvalue weighted by Crippen LogP contribution is 2.23. The lowest BCUT2D eigenvalue weighted by atomic mass is 10.2. The van der Waals surface area contributed by atoms with E-state index in [1.54, 1.807) is 29.2 Å². The molecule has 0 radical (unpaired) electrons. The SMILES string of the molecule is CCNCCC(=O)Nc1cc(Cl)ccc1-n1cncn1. The van der Waals surface area contributed by atoms with Gasteiger partial charge in [-0.25, -0.2) is 9.67 Å². The quantitative estimate of drug-likeness (QED) is 0.798. The fourth-order valence-electron chi connectivity index (χ4n) is 1.73. The average Bonchev–Trinajstić information content (AvgIpc) is 2.93. The third-order valence-electron chi connectivity index (χ3n) is 2.68. The minimum Gasteiger partial charge on any atom is -0.324 e. The Bertz CT molecular complexity index is 570. The largest absolute Gasteiger partial charge is 0.324 e. The molecule has 0 aliphatic heterocycles. The van der Waals surface area contributed by atoms with Crippen LogP contribution in [0.25, 0.3) is 5.69 Å². The van der Waals surface area contributed by atoms with Crippen LogP contribution >= 0.6 is 11.6 Å². The van der Waals surface area contributed by atoms with Gasteiger partial charge in [0, 0.05) is 18.0 Å².